The Labute approximate surface area is 193 Å². The average Bonchev–Trinajstić information content (AvgIpc) is 3.12. The third-order valence-electron chi connectivity index (χ3n) is 5.06. The van der Waals surface area contributed by atoms with Gasteiger partial charge in [0.2, 0.25) is 11.8 Å². The van der Waals surface area contributed by atoms with Crippen molar-refractivity contribution in [2.75, 3.05) is 51.6 Å². The summed E-state index contributed by atoms with van der Waals surface area (Å²) in [4.78, 5) is 31.4. The van der Waals surface area contributed by atoms with Crippen molar-refractivity contribution >= 4 is 40.4 Å². The maximum absolute atomic E-state index is 13.1. The Hall–Kier alpha value is -2.14. The third kappa shape index (κ3) is 6.93. The number of likely N-dealkylation sites (N-methyl/N-ethyl adjacent to an activating group) is 1. The van der Waals surface area contributed by atoms with Crippen molar-refractivity contribution in [1.29, 1.82) is 0 Å². The lowest BCUT2D eigenvalue weighted by Crippen LogP contribution is -2.52. The zero-order valence-corrected chi connectivity index (χ0v) is 19.1. The number of para-hydroxylation sites is 1. The van der Waals surface area contributed by atoms with Crippen LogP contribution in [0.1, 0.15) is 10.4 Å². The van der Waals surface area contributed by atoms with Gasteiger partial charge in [0.05, 0.1) is 28.7 Å². The first-order valence-corrected chi connectivity index (χ1v) is 11.2. The zero-order chi connectivity index (χ0) is 23.3. The number of benzene rings is 1. The maximum Gasteiger partial charge on any atom is 0.418 e. The highest BCUT2D eigenvalue weighted by molar-refractivity contribution is 7.16. The minimum atomic E-state index is -4.54. The lowest BCUT2D eigenvalue weighted by atomic mass is 10.1. The molecule has 1 aliphatic heterocycles. The molecule has 1 aliphatic rings. The number of amides is 2. The van der Waals surface area contributed by atoms with E-state index in [0.29, 0.717) is 37.1 Å². The van der Waals surface area contributed by atoms with E-state index < -0.39 is 17.6 Å². The van der Waals surface area contributed by atoms with Crippen LogP contribution < -0.4 is 5.32 Å². The molecule has 1 saturated heterocycles. The predicted molar refractivity (Wildman–Crippen MR) is 119 cm³/mol. The van der Waals surface area contributed by atoms with Crippen molar-refractivity contribution in [1.82, 2.24) is 14.7 Å². The van der Waals surface area contributed by atoms with Gasteiger partial charge in [-0.15, -0.1) is 11.3 Å². The van der Waals surface area contributed by atoms with E-state index in [4.69, 9.17) is 11.6 Å². The lowest BCUT2D eigenvalue weighted by molar-refractivity contribution is -0.137. The molecule has 0 spiro atoms. The molecule has 0 aliphatic carbocycles. The molecule has 0 atom stereocenters. The predicted octanol–water partition coefficient (Wildman–Crippen LogP) is 3.64. The van der Waals surface area contributed by atoms with Gasteiger partial charge in [-0.1, -0.05) is 23.7 Å². The number of thiophene rings is 1. The highest BCUT2D eigenvalue weighted by Gasteiger charge is 2.33. The molecule has 32 heavy (non-hydrogen) atoms. The number of halogens is 4. The molecule has 6 nitrogen and oxygen atoms in total. The van der Waals surface area contributed by atoms with Gasteiger partial charge in [-0.2, -0.15) is 13.2 Å². The monoisotopic (exact) mass is 488 g/mol. The van der Waals surface area contributed by atoms with Crippen LogP contribution in [-0.2, 0) is 22.3 Å². The van der Waals surface area contributed by atoms with E-state index in [0.717, 1.165) is 10.9 Å². The number of anilines is 1. The summed E-state index contributed by atoms with van der Waals surface area (Å²) in [5.41, 5.74) is -1.13. The molecule has 174 valence electrons. The minimum absolute atomic E-state index is 0.00152. The van der Waals surface area contributed by atoms with Gasteiger partial charge in [-0.25, -0.2) is 0 Å². The Kier molecular flexibility index (Phi) is 8.16. The van der Waals surface area contributed by atoms with Crippen LogP contribution in [0, 0.1) is 0 Å². The van der Waals surface area contributed by atoms with Crippen molar-refractivity contribution in [3.63, 3.8) is 0 Å². The van der Waals surface area contributed by atoms with Crippen LogP contribution in [0.15, 0.2) is 36.4 Å². The Morgan fingerprint density at radius 1 is 1.12 bits per heavy atom. The van der Waals surface area contributed by atoms with Gasteiger partial charge in [0.25, 0.3) is 0 Å². The van der Waals surface area contributed by atoms with E-state index in [1.54, 1.807) is 4.90 Å². The fraction of sp³-hybridized carbons (Fsp3) is 0.429. The molecule has 0 saturated carbocycles. The van der Waals surface area contributed by atoms with Gasteiger partial charge in [-0.05, 0) is 31.3 Å². The topological polar surface area (TPSA) is 55.9 Å². The summed E-state index contributed by atoms with van der Waals surface area (Å²) >= 11 is 7.41. The highest BCUT2D eigenvalue weighted by Crippen LogP contribution is 2.34. The summed E-state index contributed by atoms with van der Waals surface area (Å²) < 4.78 is 40.0. The van der Waals surface area contributed by atoms with Crippen molar-refractivity contribution < 1.29 is 22.8 Å². The number of carbonyl (C=O) groups is 2. The summed E-state index contributed by atoms with van der Waals surface area (Å²) in [6.45, 7) is 2.74. The van der Waals surface area contributed by atoms with Crippen molar-refractivity contribution in [3.05, 3.63) is 51.2 Å². The van der Waals surface area contributed by atoms with Crippen LogP contribution in [0.3, 0.4) is 0 Å². The van der Waals surface area contributed by atoms with Gasteiger partial charge in [0, 0.05) is 37.6 Å². The van der Waals surface area contributed by atoms with Gasteiger partial charge in [0.15, 0.2) is 0 Å². The van der Waals surface area contributed by atoms with Gasteiger partial charge in [0.1, 0.15) is 0 Å². The molecule has 1 aromatic carbocycles. The smallest absolute Gasteiger partial charge is 0.339 e. The van der Waals surface area contributed by atoms with Gasteiger partial charge in [-0.3, -0.25) is 19.4 Å². The molecule has 0 bridgehead atoms. The first kappa shape index (κ1) is 24.5. The van der Waals surface area contributed by atoms with Crippen LogP contribution in [-0.4, -0.2) is 72.8 Å². The second-order valence-corrected chi connectivity index (χ2v) is 9.43. The Morgan fingerprint density at radius 2 is 1.81 bits per heavy atom. The van der Waals surface area contributed by atoms with Crippen LogP contribution >= 0.6 is 22.9 Å². The molecule has 1 aromatic heterocycles. The second-order valence-electron chi connectivity index (χ2n) is 7.63. The number of rotatable bonds is 7. The number of piperazine rings is 1. The van der Waals surface area contributed by atoms with Crippen molar-refractivity contribution in [3.8, 4) is 0 Å². The summed E-state index contributed by atoms with van der Waals surface area (Å²) in [6, 6.07) is 8.66. The second kappa shape index (κ2) is 10.7. The number of hydrogen-bond donors (Lipinski definition) is 1. The van der Waals surface area contributed by atoms with E-state index in [-0.39, 0.29) is 24.7 Å². The van der Waals surface area contributed by atoms with Crippen molar-refractivity contribution in [2.24, 2.45) is 0 Å². The fourth-order valence-electron chi connectivity index (χ4n) is 3.48. The number of hydrogen-bond acceptors (Lipinski definition) is 5. The summed E-state index contributed by atoms with van der Waals surface area (Å²) in [6.07, 6.45) is -4.54. The third-order valence-corrected chi connectivity index (χ3v) is 6.27. The number of alkyl halides is 3. The molecule has 11 heteroatoms. The van der Waals surface area contributed by atoms with E-state index in [1.165, 1.54) is 29.5 Å². The van der Waals surface area contributed by atoms with Crippen LogP contribution in [0.2, 0.25) is 4.34 Å². The highest BCUT2D eigenvalue weighted by atomic mass is 35.5. The molecule has 0 unspecified atom stereocenters. The molecular formula is C21H24ClF3N4O2S. The van der Waals surface area contributed by atoms with Crippen LogP contribution in [0.25, 0.3) is 0 Å². The standard InChI is InChI=1S/C21H24ClF3N4O2S/c1-27(12-15-6-7-18(22)32-15)14-20(31)29-10-8-28(9-11-29)13-19(30)26-17-5-3-2-4-16(17)21(23,24)25/h2-7H,8-14H2,1H3,(H,26,30). The SMILES string of the molecule is CN(CC(=O)N1CCN(CC(=O)Nc2ccccc2C(F)(F)F)CC1)Cc1ccc(Cl)s1. The first-order valence-electron chi connectivity index (χ1n) is 10.0. The van der Waals surface area contributed by atoms with E-state index in [1.807, 2.05) is 29.0 Å². The Morgan fingerprint density at radius 3 is 2.44 bits per heavy atom. The van der Waals surface area contributed by atoms with Gasteiger partial charge < -0.3 is 10.2 Å². The number of carbonyl (C=O) groups excluding carboxylic acids is 2. The molecule has 2 aromatic rings. The van der Waals surface area contributed by atoms with Crippen molar-refractivity contribution in [2.45, 2.75) is 12.7 Å². The van der Waals surface area contributed by atoms with E-state index in [9.17, 15) is 22.8 Å². The molecular weight excluding hydrogens is 465 g/mol. The number of nitrogens with one attached hydrogen (secondary N) is 1. The number of nitrogens with zero attached hydrogens (tertiary/aromatic N) is 3. The molecule has 2 heterocycles. The first-order chi connectivity index (χ1) is 15.1. The zero-order valence-electron chi connectivity index (χ0n) is 17.5. The quantitative estimate of drug-likeness (QED) is 0.646. The summed E-state index contributed by atoms with van der Waals surface area (Å²) in [7, 11) is 1.87. The van der Waals surface area contributed by atoms with Crippen LogP contribution in [0.5, 0.6) is 0 Å². The normalized spacial score (nSPS) is 15.2. The largest absolute Gasteiger partial charge is 0.418 e. The molecule has 1 fully saturated rings. The molecule has 0 radical (unpaired) electrons. The summed E-state index contributed by atoms with van der Waals surface area (Å²) in [5.74, 6) is -0.519. The lowest BCUT2D eigenvalue weighted by Gasteiger charge is -2.35. The van der Waals surface area contributed by atoms with E-state index in [2.05, 4.69) is 5.32 Å². The summed E-state index contributed by atoms with van der Waals surface area (Å²) in [5, 5.41) is 2.35. The van der Waals surface area contributed by atoms with Gasteiger partial charge >= 0.3 is 6.18 Å². The fourth-order valence-corrected chi connectivity index (χ4v) is 4.64. The maximum atomic E-state index is 13.1. The molecule has 3 rings (SSSR count). The van der Waals surface area contributed by atoms with E-state index >= 15 is 0 Å². The molecule has 1 N–H and O–H groups in total. The van der Waals surface area contributed by atoms with Crippen LogP contribution in [0.4, 0.5) is 18.9 Å². The average molecular weight is 489 g/mol. The molecule has 2 amide bonds. The minimum Gasteiger partial charge on any atom is -0.339 e. The Balaban J connectivity index is 1.43. The Bertz CT molecular complexity index is 945.